The quantitative estimate of drug-likeness (QED) is 0.658. The molecule has 1 N–H and O–H groups in total. The largest absolute Gasteiger partial charge is 0.278 e. The van der Waals surface area contributed by atoms with Crippen LogP contribution in [0, 0.1) is 5.82 Å². The van der Waals surface area contributed by atoms with Crippen LogP contribution in [-0.4, -0.2) is 10.2 Å². The third-order valence-electron chi connectivity index (χ3n) is 2.65. The minimum Gasteiger partial charge on any atom is -0.278 e. The lowest BCUT2D eigenvalue weighted by Crippen LogP contribution is -1.83. The molecule has 1 aromatic heterocycles. The molecule has 0 fully saturated rings. The van der Waals surface area contributed by atoms with E-state index in [1.54, 1.807) is 18.3 Å². The maximum absolute atomic E-state index is 13.7. The molecule has 3 aromatic rings. The summed E-state index contributed by atoms with van der Waals surface area (Å²) in [6, 6.07) is 12.5. The second kappa shape index (κ2) is 3.45. The molecule has 0 unspecified atom stereocenters. The number of benzene rings is 2. The number of nitrogens with one attached hydrogen (secondary N) is 1. The molecule has 0 radical (unpaired) electrons. The van der Waals surface area contributed by atoms with Crippen LogP contribution in [0.2, 0.25) is 0 Å². The Morgan fingerprint density at radius 3 is 2.62 bits per heavy atom. The molecule has 0 aliphatic heterocycles. The second-order valence-corrected chi connectivity index (χ2v) is 3.62. The fourth-order valence-electron chi connectivity index (χ4n) is 1.88. The first-order chi connectivity index (χ1) is 7.86. The van der Waals surface area contributed by atoms with Crippen molar-refractivity contribution in [3.8, 4) is 11.1 Å². The minimum atomic E-state index is -0.212. The van der Waals surface area contributed by atoms with E-state index in [2.05, 4.69) is 10.2 Å². The first-order valence-corrected chi connectivity index (χ1v) is 5.03. The average Bonchev–Trinajstić information content (AvgIpc) is 2.77. The van der Waals surface area contributed by atoms with Gasteiger partial charge < -0.3 is 0 Å². The van der Waals surface area contributed by atoms with Gasteiger partial charge in [-0.15, -0.1) is 0 Å². The van der Waals surface area contributed by atoms with Crippen LogP contribution in [0.25, 0.3) is 22.0 Å². The molecule has 2 nitrogen and oxygen atoms in total. The van der Waals surface area contributed by atoms with Crippen molar-refractivity contribution in [3.05, 3.63) is 54.5 Å². The van der Waals surface area contributed by atoms with Crippen LogP contribution in [0.1, 0.15) is 0 Å². The number of nitrogens with zero attached hydrogens (tertiary/aromatic N) is 1. The first kappa shape index (κ1) is 9.09. The number of rotatable bonds is 1. The van der Waals surface area contributed by atoms with Gasteiger partial charge in [0.2, 0.25) is 0 Å². The smallest absolute Gasteiger partial charge is 0.131 e. The van der Waals surface area contributed by atoms with E-state index >= 15 is 0 Å². The van der Waals surface area contributed by atoms with Crippen molar-refractivity contribution in [2.45, 2.75) is 0 Å². The summed E-state index contributed by atoms with van der Waals surface area (Å²) in [4.78, 5) is 0. The molecular weight excluding hydrogens is 203 g/mol. The molecule has 3 rings (SSSR count). The van der Waals surface area contributed by atoms with Crippen molar-refractivity contribution in [3.63, 3.8) is 0 Å². The van der Waals surface area contributed by atoms with E-state index in [4.69, 9.17) is 0 Å². The third-order valence-corrected chi connectivity index (χ3v) is 2.65. The predicted molar refractivity (Wildman–Crippen MR) is 61.5 cm³/mol. The third kappa shape index (κ3) is 1.29. The van der Waals surface area contributed by atoms with Crippen molar-refractivity contribution in [2.24, 2.45) is 0 Å². The fraction of sp³-hybridized carbons (Fsp3) is 0. The van der Waals surface area contributed by atoms with Crippen LogP contribution in [-0.2, 0) is 0 Å². The van der Waals surface area contributed by atoms with Gasteiger partial charge >= 0.3 is 0 Å². The van der Waals surface area contributed by atoms with E-state index in [1.165, 1.54) is 6.07 Å². The van der Waals surface area contributed by atoms with Crippen molar-refractivity contribution >= 4 is 10.9 Å². The molecule has 2 aromatic carbocycles. The molecule has 0 spiro atoms. The molecule has 1 heterocycles. The van der Waals surface area contributed by atoms with Crippen LogP contribution in [0.5, 0.6) is 0 Å². The molecule has 0 saturated carbocycles. The summed E-state index contributed by atoms with van der Waals surface area (Å²) in [5.41, 5.74) is 2.39. The molecule has 3 heteroatoms. The monoisotopic (exact) mass is 212 g/mol. The summed E-state index contributed by atoms with van der Waals surface area (Å²) in [6.45, 7) is 0. The highest BCUT2D eigenvalue weighted by Crippen LogP contribution is 2.28. The van der Waals surface area contributed by atoms with E-state index in [-0.39, 0.29) is 5.82 Å². The SMILES string of the molecule is Fc1ccccc1-c1cccc2[nH]ncc12. The van der Waals surface area contributed by atoms with Gasteiger partial charge in [-0.1, -0.05) is 30.3 Å². The molecule has 0 aliphatic carbocycles. The number of fused-ring (bicyclic) bond motifs is 1. The zero-order valence-electron chi connectivity index (χ0n) is 8.44. The molecular formula is C13H9FN2. The van der Waals surface area contributed by atoms with Gasteiger partial charge in [-0.25, -0.2) is 4.39 Å². The van der Waals surface area contributed by atoms with Crippen molar-refractivity contribution in [1.29, 1.82) is 0 Å². The maximum Gasteiger partial charge on any atom is 0.131 e. The Morgan fingerprint density at radius 1 is 0.938 bits per heavy atom. The summed E-state index contributed by atoms with van der Waals surface area (Å²) in [6.07, 6.45) is 1.72. The topological polar surface area (TPSA) is 28.7 Å². The predicted octanol–water partition coefficient (Wildman–Crippen LogP) is 3.37. The van der Waals surface area contributed by atoms with Gasteiger partial charge in [-0.05, 0) is 17.7 Å². The van der Waals surface area contributed by atoms with Crippen LogP contribution < -0.4 is 0 Å². The number of H-pyrrole nitrogens is 1. The Labute approximate surface area is 91.7 Å². The molecule has 16 heavy (non-hydrogen) atoms. The van der Waals surface area contributed by atoms with E-state index < -0.39 is 0 Å². The number of aromatic nitrogens is 2. The number of halogens is 1. The average molecular weight is 212 g/mol. The highest BCUT2D eigenvalue weighted by atomic mass is 19.1. The fourth-order valence-corrected chi connectivity index (χ4v) is 1.88. The molecule has 0 amide bonds. The molecule has 78 valence electrons. The van der Waals surface area contributed by atoms with Crippen molar-refractivity contribution in [2.75, 3.05) is 0 Å². The van der Waals surface area contributed by atoms with Crippen LogP contribution in [0.3, 0.4) is 0 Å². The highest BCUT2D eigenvalue weighted by Gasteiger charge is 2.08. The summed E-state index contributed by atoms with van der Waals surface area (Å²) >= 11 is 0. The lowest BCUT2D eigenvalue weighted by molar-refractivity contribution is 0.631. The Morgan fingerprint density at radius 2 is 1.75 bits per heavy atom. The van der Waals surface area contributed by atoms with Crippen LogP contribution in [0.15, 0.2) is 48.7 Å². The lowest BCUT2D eigenvalue weighted by atomic mass is 10.0. The van der Waals surface area contributed by atoms with Crippen LogP contribution >= 0.6 is 0 Å². The normalized spacial score (nSPS) is 10.8. The number of aromatic amines is 1. The summed E-state index contributed by atoms with van der Waals surface area (Å²) < 4.78 is 13.7. The van der Waals surface area contributed by atoms with Gasteiger partial charge in [0.15, 0.2) is 0 Å². The maximum atomic E-state index is 13.7. The lowest BCUT2D eigenvalue weighted by Gasteiger charge is -2.04. The Kier molecular flexibility index (Phi) is 1.96. The number of hydrogen-bond donors (Lipinski definition) is 1. The summed E-state index contributed by atoms with van der Waals surface area (Å²) in [5.74, 6) is -0.212. The van der Waals surface area contributed by atoms with Crippen molar-refractivity contribution in [1.82, 2.24) is 10.2 Å². The zero-order valence-corrected chi connectivity index (χ0v) is 8.44. The number of hydrogen-bond acceptors (Lipinski definition) is 1. The molecule has 0 bridgehead atoms. The van der Waals surface area contributed by atoms with Gasteiger partial charge in [0, 0.05) is 10.9 Å². The van der Waals surface area contributed by atoms with Gasteiger partial charge in [0.05, 0.1) is 11.7 Å². The van der Waals surface area contributed by atoms with Gasteiger partial charge in [-0.3, -0.25) is 5.10 Å². The Balaban J connectivity index is 2.34. The summed E-state index contributed by atoms with van der Waals surface area (Å²) in [5, 5.41) is 7.78. The Bertz CT molecular complexity index is 643. The molecule has 0 saturated heterocycles. The van der Waals surface area contributed by atoms with Crippen LogP contribution in [0.4, 0.5) is 4.39 Å². The zero-order chi connectivity index (χ0) is 11.0. The van der Waals surface area contributed by atoms with Crippen molar-refractivity contribution < 1.29 is 4.39 Å². The van der Waals surface area contributed by atoms with E-state index in [0.29, 0.717) is 5.56 Å². The standard InChI is InChI=1S/C13H9FN2/c14-12-6-2-1-4-10(12)9-5-3-7-13-11(9)8-15-16-13/h1-8H,(H,15,16). The van der Waals surface area contributed by atoms with E-state index in [0.717, 1.165) is 16.5 Å². The van der Waals surface area contributed by atoms with Gasteiger partial charge in [-0.2, -0.15) is 5.10 Å². The van der Waals surface area contributed by atoms with Gasteiger partial charge in [0.1, 0.15) is 5.82 Å². The molecule has 0 atom stereocenters. The van der Waals surface area contributed by atoms with E-state index in [1.807, 2.05) is 24.3 Å². The Hall–Kier alpha value is -2.16. The summed E-state index contributed by atoms with van der Waals surface area (Å²) in [7, 11) is 0. The van der Waals surface area contributed by atoms with E-state index in [9.17, 15) is 4.39 Å². The molecule has 0 aliphatic rings. The highest BCUT2D eigenvalue weighted by molar-refractivity contribution is 5.94. The van der Waals surface area contributed by atoms with Gasteiger partial charge in [0.25, 0.3) is 0 Å². The second-order valence-electron chi connectivity index (χ2n) is 3.62. The first-order valence-electron chi connectivity index (χ1n) is 5.03. The minimum absolute atomic E-state index is 0.212.